The predicted molar refractivity (Wildman–Crippen MR) is 108 cm³/mol. The summed E-state index contributed by atoms with van der Waals surface area (Å²) in [4.78, 5) is 26.6. The molecule has 0 aromatic heterocycles. The fourth-order valence-electron chi connectivity index (χ4n) is 9.60. The Balaban J connectivity index is 1.61. The van der Waals surface area contributed by atoms with Crippen molar-refractivity contribution in [3.63, 3.8) is 0 Å². The summed E-state index contributed by atoms with van der Waals surface area (Å²) >= 11 is 0. The summed E-state index contributed by atoms with van der Waals surface area (Å²) in [6.07, 6.45) is 4.59. The number of hydrogen-bond acceptors (Lipinski definition) is 5. The summed E-state index contributed by atoms with van der Waals surface area (Å²) in [5.74, 6) is -0.0149. The Morgan fingerprint density at radius 1 is 1.28 bits per heavy atom. The smallest absolute Gasteiger partial charge is 0.312 e. The van der Waals surface area contributed by atoms with E-state index in [1.807, 2.05) is 6.92 Å². The Morgan fingerprint density at radius 3 is 2.66 bits per heavy atom. The molecule has 1 saturated heterocycles. The summed E-state index contributed by atoms with van der Waals surface area (Å²) in [7, 11) is -0.339. The van der Waals surface area contributed by atoms with Gasteiger partial charge in [-0.15, -0.1) is 0 Å². The zero-order valence-corrected chi connectivity index (χ0v) is 19.2. The maximum Gasteiger partial charge on any atom is 0.312 e. The molecule has 9 atom stereocenters. The van der Waals surface area contributed by atoms with Crippen LogP contribution >= 0.6 is 0 Å². The zero-order chi connectivity index (χ0) is 20.8. The molecule has 0 aromatic carbocycles. The third-order valence-corrected chi connectivity index (χ3v) is 10.8. The molecule has 6 heteroatoms. The molecule has 2 spiro atoms. The first-order valence-corrected chi connectivity index (χ1v) is 14.6. The first kappa shape index (κ1) is 18.6. The van der Waals surface area contributed by atoms with Gasteiger partial charge in [0.2, 0.25) is 0 Å². The number of rotatable bonds is 3. The minimum absolute atomic E-state index is 0.0498. The van der Waals surface area contributed by atoms with Gasteiger partial charge in [-0.2, -0.15) is 0 Å². The van der Waals surface area contributed by atoms with E-state index in [9.17, 15) is 9.59 Å². The lowest BCUT2D eigenvalue weighted by atomic mass is 9.55. The van der Waals surface area contributed by atoms with Gasteiger partial charge in [-0.05, 0) is 70.5 Å². The van der Waals surface area contributed by atoms with Gasteiger partial charge in [-0.25, -0.2) is 0 Å². The summed E-state index contributed by atoms with van der Waals surface area (Å²) in [6.45, 7) is 13.2. The van der Waals surface area contributed by atoms with Crippen molar-refractivity contribution in [3.05, 3.63) is 12.2 Å². The Kier molecular flexibility index (Phi) is 3.11. The molecule has 7 rings (SSSR count). The lowest BCUT2D eigenvalue weighted by Gasteiger charge is -2.51. The standard InChI is InChI=1S/C23H32O5Si/c1-12-13-10-14(28-29(4,5)6)23-16(12)21(23,11-13)15(18(24)26-3)17-20(2)8-7-9-22(17,23)27-19(20)25/h13-17H,1,7-11H2,2-6H3/t13?,14-,15+,16?,17+,20?,21+,22-,23?/m1/s1. The second-order valence-corrected chi connectivity index (χ2v) is 16.3. The maximum atomic E-state index is 13.3. The Labute approximate surface area is 173 Å². The number of allylic oxidation sites excluding steroid dienone is 1. The highest BCUT2D eigenvalue weighted by atomic mass is 28.4. The molecule has 0 radical (unpaired) electrons. The number of carbonyl (C=O) groups excluding carboxylic acids is 2. The van der Waals surface area contributed by atoms with Crippen LogP contribution in [-0.4, -0.2) is 39.1 Å². The lowest BCUT2D eigenvalue weighted by Crippen LogP contribution is -2.58. The first-order chi connectivity index (χ1) is 13.5. The van der Waals surface area contributed by atoms with Gasteiger partial charge < -0.3 is 13.9 Å². The Bertz CT molecular complexity index is 877. The van der Waals surface area contributed by atoms with Gasteiger partial charge in [0.15, 0.2) is 8.32 Å². The molecule has 7 aliphatic rings. The van der Waals surface area contributed by atoms with E-state index in [-0.39, 0.29) is 46.6 Å². The number of carbonyl (C=O) groups is 2. The molecular weight excluding hydrogens is 384 g/mol. The predicted octanol–water partition coefficient (Wildman–Crippen LogP) is 3.69. The molecule has 5 nitrogen and oxygen atoms in total. The average molecular weight is 417 g/mol. The van der Waals surface area contributed by atoms with E-state index in [1.54, 1.807) is 0 Å². The molecule has 0 N–H and O–H groups in total. The van der Waals surface area contributed by atoms with Crippen LogP contribution in [0.2, 0.25) is 19.6 Å². The molecule has 4 unspecified atom stereocenters. The van der Waals surface area contributed by atoms with Gasteiger partial charge >= 0.3 is 11.9 Å². The van der Waals surface area contributed by atoms with Crippen molar-refractivity contribution in [2.75, 3.05) is 7.11 Å². The minimum atomic E-state index is -1.83. The summed E-state index contributed by atoms with van der Waals surface area (Å²) in [5.41, 5.74) is -0.397. The van der Waals surface area contributed by atoms with Crippen molar-refractivity contribution < 1.29 is 23.5 Å². The number of esters is 2. The van der Waals surface area contributed by atoms with Crippen LogP contribution in [-0.2, 0) is 23.5 Å². The van der Waals surface area contributed by atoms with Crippen molar-refractivity contribution >= 4 is 20.3 Å². The van der Waals surface area contributed by atoms with Crippen molar-refractivity contribution in [2.24, 2.45) is 39.9 Å². The highest BCUT2D eigenvalue weighted by Gasteiger charge is 3.02. The van der Waals surface area contributed by atoms with Gasteiger partial charge in [0, 0.05) is 16.7 Å². The van der Waals surface area contributed by atoms with Gasteiger partial charge in [-0.3, -0.25) is 9.59 Å². The van der Waals surface area contributed by atoms with E-state index in [0.717, 1.165) is 32.1 Å². The second-order valence-electron chi connectivity index (χ2n) is 11.8. The number of hydrogen-bond donors (Lipinski definition) is 0. The van der Waals surface area contributed by atoms with Crippen LogP contribution in [0, 0.1) is 39.9 Å². The molecule has 1 aliphatic heterocycles. The lowest BCUT2D eigenvalue weighted by molar-refractivity contribution is -0.169. The minimum Gasteiger partial charge on any atom is -0.469 e. The average Bonchev–Trinajstić information content (AvgIpc) is 3.04. The molecule has 29 heavy (non-hydrogen) atoms. The molecule has 0 amide bonds. The molecule has 0 aromatic rings. The van der Waals surface area contributed by atoms with E-state index in [1.165, 1.54) is 12.7 Å². The van der Waals surface area contributed by atoms with Crippen molar-refractivity contribution in [1.29, 1.82) is 0 Å². The monoisotopic (exact) mass is 416 g/mol. The van der Waals surface area contributed by atoms with E-state index in [0.29, 0.717) is 5.92 Å². The van der Waals surface area contributed by atoms with Crippen molar-refractivity contribution in [1.82, 2.24) is 0 Å². The van der Waals surface area contributed by atoms with Crippen LogP contribution in [0.1, 0.15) is 39.0 Å². The topological polar surface area (TPSA) is 61.8 Å². The van der Waals surface area contributed by atoms with Gasteiger partial charge in [-0.1, -0.05) is 12.2 Å². The largest absolute Gasteiger partial charge is 0.469 e. The number of fused-ring (bicyclic) bond motifs is 1. The van der Waals surface area contributed by atoms with Gasteiger partial charge in [0.1, 0.15) is 5.60 Å². The Hall–Kier alpha value is -1.14. The van der Waals surface area contributed by atoms with Gasteiger partial charge in [0.25, 0.3) is 0 Å². The van der Waals surface area contributed by atoms with Crippen LogP contribution in [0.25, 0.3) is 0 Å². The highest BCUT2D eigenvalue weighted by Crippen LogP contribution is 2.98. The molecule has 6 aliphatic carbocycles. The molecule has 6 saturated carbocycles. The van der Waals surface area contributed by atoms with Crippen LogP contribution in [0.5, 0.6) is 0 Å². The summed E-state index contributed by atoms with van der Waals surface area (Å²) in [6, 6.07) is 0. The maximum absolute atomic E-state index is 13.3. The van der Waals surface area contributed by atoms with Crippen LogP contribution in [0.3, 0.4) is 0 Å². The molecule has 158 valence electrons. The number of ether oxygens (including phenoxy) is 2. The summed E-state index contributed by atoms with van der Waals surface area (Å²) < 4.78 is 18.7. The number of methoxy groups -OCH3 is 1. The van der Waals surface area contributed by atoms with E-state index in [4.69, 9.17) is 13.9 Å². The molecule has 6 bridgehead atoms. The fourth-order valence-corrected chi connectivity index (χ4v) is 10.7. The van der Waals surface area contributed by atoms with E-state index < -0.39 is 19.3 Å². The van der Waals surface area contributed by atoms with Gasteiger partial charge in [0.05, 0.1) is 24.5 Å². The Morgan fingerprint density at radius 2 is 2.00 bits per heavy atom. The fraction of sp³-hybridized carbons (Fsp3) is 0.826. The van der Waals surface area contributed by atoms with Crippen molar-refractivity contribution in [3.8, 4) is 0 Å². The first-order valence-electron chi connectivity index (χ1n) is 11.2. The quantitative estimate of drug-likeness (QED) is 0.399. The SMILES string of the molecule is C=C1C2C[C@@H](O[Si](C)(C)C)C34C1[C@]3(C2)[C@H](C(=O)OC)[C@H]1C2(C)CCC[C@@]14OC2=O. The normalized spacial score (nSPS) is 56.0. The van der Waals surface area contributed by atoms with E-state index in [2.05, 4.69) is 26.2 Å². The molecule has 7 fully saturated rings. The molecular formula is C23H32O5Si. The molecule has 1 heterocycles. The third-order valence-electron chi connectivity index (χ3n) is 9.86. The highest BCUT2D eigenvalue weighted by molar-refractivity contribution is 6.69. The summed E-state index contributed by atoms with van der Waals surface area (Å²) in [5, 5.41) is 0. The van der Waals surface area contributed by atoms with Crippen LogP contribution in [0.4, 0.5) is 0 Å². The second kappa shape index (κ2) is 4.85. The third kappa shape index (κ3) is 1.60. The van der Waals surface area contributed by atoms with E-state index >= 15 is 0 Å². The van der Waals surface area contributed by atoms with Crippen LogP contribution in [0.15, 0.2) is 12.2 Å². The van der Waals surface area contributed by atoms with Crippen molar-refractivity contribution in [2.45, 2.75) is 70.4 Å². The van der Waals surface area contributed by atoms with Crippen LogP contribution < -0.4 is 0 Å². The zero-order valence-electron chi connectivity index (χ0n) is 18.2.